The Morgan fingerprint density at radius 3 is 2.04 bits per heavy atom. The molecule has 0 saturated carbocycles. The molecule has 0 aliphatic carbocycles. The van der Waals surface area contributed by atoms with Crippen molar-refractivity contribution < 1.29 is 14.3 Å². The lowest BCUT2D eigenvalue weighted by Gasteiger charge is -2.06. The number of hydrogen-bond donors (Lipinski definition) is 0. The van der Waals surface area contributed by atoms with Gasteiger partial charge in [-0.3, -0.25) is 0 Å². The Hall–Kier alpha value is -2.29. The molecule has 0 saturated heterocycles. The molecule has 0 aromatic heterocycles. The third kappa shape index (κ3) is 6.61. The molecular weight excluding hydrogens is 312 g/mol. The van der Waals surface area contributed by atoms with E-state index in [-0.39, 0.29) is 5.97 Å². The van der Waals surface area contributed by atoms with Crippen molar-refractivity contribution in [2.24, 2.45) is 0 Å². The quantitative estimate of drug-likeness (QED) is 0.311. The van der Waals surface area contributed by atoms with Gasteiger partial charge in [0.15, 0.2) is 0 Å². The van der Waals surface area contributed by atoms with Crippen molar-refractivity contribution in [1.29, 1.82) is 0 Å². The summed E-state index contributed by atoms with van der Waals surface area (Å²) in [7, 11) is 1.60. The summed E-state index contributed by atoms with van der Waals surface area (Å²) in [5.74, 6) is 0.914. The first-order valence-corrected chi connectivity index (χ1v) is 9.18. The summed E-state index contributed by atoms with van der Waals surface area (Å²) in [4.78, 5) is 12.2. The Morgan fingerprint density at radius 2 is 1.40 bits per heavy atom. The van der Waals surface area contributed by atoms with Crippen LogP contribution in [-0.4, -0.2) is 13.1 Å². The van der Waals surface area contributed by atoms with Crippen LogP contribution >= 0.6 is 0 Å². The third-order valence-corrected chi connectivity index (χ3v) is 4.28. The van der Waals surface area contributed by atoms with Crippen LogP contribution in [0.1, 0.15) is 61.4 Å². The lowest BCUT2D eigenvalue weighted by Crippen LogP contribution is -2.08. The van der Waals surface area contributed by atoms with Crippen LogP contribution in [0, 0.1) is 0 Å². The number of unbranched alkanes of at least 4 members (excludes halogenated alkanes) is 5. The predicted octanol–water partition coefficient (Wildman–Crippen LogP) is 5.82. The van der Waals surface area contributed by atoms with Gasteiger partial charge in [-0.05, 0) is 54.8 Å². The number of methoxy groups -OCH3 is 1. The van der Waals surface area contributed by atoms with Gasteiger partial charge in [-0.25, -0.2) is 4.79 Å². The van der Waals surface area contributed by atoms with Gasteiger partial charge in [0.25, 0.3) is 0 Å². The molecule has 0 amide bonds. The van der Waals surface area contributed by atoms with Crippen LogP contribution in [0.2, 0.25) is 0 Å². The summed E-state index contributed by atoms with van der Waals surface area (Å²) in [6.45, 7) is 2.24. The molecule has 0 fully saturated rings. The van der Waals surface area contributed by atoms with Gasteiger partial charge in [0.05, 0.1) is 12.7 Å². The van der Waals surface area contributed by atoms with Crippen molar-refractivity contribution in [2.75, 3.05) is 7.11 Å². The van der Waals surface area contributed by atoms with E-state index in [4.69, 9.17) is 9.47 Å². The molecule has 0 N–H and O–H groups in total. The Kier molecular flexibility index (Phi) is 8.03. The van der Waals surface area contributed by atoms with Crippen molar-refractivity contribution in [1.82, 2.24) is 0 Å². The molecule has 3 heteroatoms. The summed E-state index contributed by atoms with van der Waals surface area (Å²) in [6.07, 6.45) is 8.84. The molecule has 2 rings (SSSR count). The number of hydrogen-bond acceptors (Lipinski definition) is 3. The zero-order valence-electron chi connectivity index (χ0n) is 15.3. The maximum atomic E-state index is 12.2. The van der Waals surface area contributed by atoms with Gasteiger partial charge in [0, 0.05) is 0 Å². The molecule has 0 bridgehead atoms. The van der Waals surface area contributed by atoms with Gasteiger partial charge in [0.1, 0.15) is 11.5 Å². The fourth-order valence-corrected chi connectivity index (χ4v) is 2.73. The van der Waals surface area contributed by atoms with E-state index in [1.165, 1.54) is 44.1 Å². The number of esters is 1. The van der Waals surface area contributed by atoms with E-state index in [0.717, 1.165) is 12.2 Å². The number of carbonyl (C=O) groups excluding carboxylic acids is 1. The highest BCUT2D eigenvalue weighted by Crippen LogP contribution is 2.18. The van der Waals surface area contributed by atoms with Crippen LogP contribution in [0.15, 0.2) is 48.5 Å². The SMILES string of the molecule is CCCCCCCCc1ccc(C(=O)Oc2ccc(OC)cc2)cc1. The minimum Gasteiger partial charge on any atom is -0.497 e. The number of benzene rings is 2. The highest BCUT2D eigenvalue weighted by Gasteiger charge is 2.08. The largest absolute Gasteiger partial charge is 0.497 e. The van der Waals surface area contributed by atoms with E-state index in [1.807, 2.05) is 24.3 Å². The molecule has 0 heterocycles. The van der Waals surface area contributed by atoms with E-state index in [9.17, 15) is 4.79 Å². The zero-order valence-corrected chi connectivity index (χ0v) is 15.3. The van der Waals surface area contributed by atoms with Crippen molar-refractivity contribution in [3.05, 3.63) is 59.7 Å². The van der Waals surface area contributed by atoms with E-state index < -0.39 is 0 Å². The standard InChI is InChI=1S/C22H28O3/c1-3-4-5-6-7-8-9-18-10-12-19(13-11-18)22(23)25-21-16-14-20(24-2)15-17-21/h10-17H,3-9H2,1-2H3. The highest BCUT2D eigenvalue weighted by atomic mass is 16.5. The van der Waals surface area contributed by atoms with Crippen LogP contribution in [-0.2, 0) is 6.42 Å². The Balaban J connectivity index is 1.79. The fraction of sp³-hybridized carbons (Fsp3) is 0.409. The van der Waals surface area contributed by atoms with Gasteiger partial charge in [-0.2, -0.15) is 0 Å². The molecule has 2 aromatic rings. The predicted molar refractivity (Wildman–Crippen MR) is 101 cm³/mol. The van der Waals surface area contributed by atoms with E-state index in [2.05, 4.69) is 6.92 Å². The topological polar surface area (TPSA) is 35.5 Å². The van der Waals surface area contributed by atoms with Crippen LogP contribution in [0.25, 0.3) is 0 Å². The number of carbonyl (C=O) groups is 1. The summed E-state index contributed by atoms with van der Waals surface area (Å²) in [5.41, 5.74) is 1.85. The van der Waals surface area contributed by atoms with E-state index in [0.29, 0.717) is 11.3 Å². The first-order chi connectivity index (χ1) is 12.2. The van der Waals surface area contributed by atoms with Crippen molar-refractivity contribution in [3.63, 3.8) is 0 Å². The van der Waals surface area contributed by atoms with Gasteiger partial charge < -0.3 is 9.47 Å². The number of aryl methyl sites for hydroxylation is 1. The molecule has 25 heavy (non-hydrogen) atoms. The monoisotopic (exact) mass is 340 g/mol. The average Bonchev–Trinajstić information content (AvgIpc) is 2.65. The molecule has 3 nitrogen and oxygen atoms in total. The molecule has 2 aromatic carbocycles. The molecule has 0 unspecified atom stereocenters. The summed E-state index contributed by atoms with van der Waals surface area (Å²) in [6, 6.07) is 14.7. The van der Waals surface area contributed by atoms with Gasteiger partial charge >= 0.3 is 5.97 Å². The normalized spacial score (nSPS) is 10.5. The Labute approximate surface area is 151 Å². The number of rotatable bonds is 10. The van der Waals surface area contributed by atoms with Gasteiger partial charge in [-0.1, -0.05) is 51.2 Å². The lowest BCUT2D eigenvalue weighted by atomic mass is 10.0. The van der Waals surface area contributed by atoms with Gasteiger partial charge in [-0.15, -0.1) is 0 Å². The first-order valence-electron chi connectivity index (χ1n) is 9.18. The Bertz CT molecular complexity index is 629. The van der Waals surface area contributed by atoms with Crippen LogP contribution in [0.3, 0.4) is 0 Å². The molecular formula is C22H28O3. The van der Waals surface area contributed by atoms with Crippen LogP contribution < -0.4 is 9.47 Å². The third-order valence-electron chi connectivity index (χ3n) is 4.28. The smallest absolute Gasteiger partial charge is 0.343 e. The fourth-order valence-electron chi connectivity index (χ4n) is 2.73. The Morgan fingerprint density at radius 1 is 0.800 bits per heavy atom. The van der Waals surface area contributed by atoms with Crippen molar-refractivity contribution in [2.45, 2.75) is 51.9 Å². The molecule has 134 valence electrons. The second-order valence-electron chi connectivity index (χ2n) is 6.28. The lowest BCUT2D eigenvalue weighted by molar-refractivity contribution is 0.0734. The first kappa shape index (κ1) is 19.0. The summed E-state index contributed by atoms with van der Waals surface area (Å²) in [5, 5.41) is 0. The van der Waals surface area contributed by atoms with E-state index >= 15 is 0 Å². The summed E-state index contributed by atoms with van der Waals surface area (Å²) < 4.78 is 10.5. The molecule has 0 radical (unpaired) electrons. The second kappa shape index (κ2) is 10.5. The average molecular weight is 340 g/mol. The number of ether oxygens (including phenoxy) is 2. The summed E-state index contributed by atoms with van der Waals surface area (Å²) >= 11 is 0. The minimum absolute atomic E-state index is 0.337. The highest BCUT2D eigenvalue weighted by molar-refractivity contribution is 5.91. The van der Waals surface area contributed by atoms with Crippen LogP contribution in [0.5, 0.6) is 11.5 Å². The molecule has 0 atom stereocenters. The van der Waals surface area contributed by atoms with Crippen molar-refractivity contribution in [3.8, 4) is 11.5 Å². The van der Waals surface area contributed by atoms with Gasteiger partial charge in [0.2, 0.25) is 0 Å². The van der Waals surface area contributed by atoms with E-state index in [1.54, 1.807) is 31.4 Å². The molecule has 0 spiro atoms. The zero-order chi connectivity index (χ0) is 17.9. The maximum absolute atomic E-state index is 12.2. The molecule has 0 aliphatic rings. The second-order valence-corrected chi connectivity index (χ2v) is 6.28. The maximum Gasteiger partial charge on any atom is 0.343 e. The van der Waals surface area contributed by atoms with Crippen LogP contribution in [0.4, 0.5) is 0 Å². The van der Waals surface area contributed by atoms with Crippen molar-refractivity contribution >= 4 is 5.97 Å². The minimum atomic E-state index is -0.337. The molecule has 0 aliphatic heterocycles.